The SMILES string of the molecule is CCN(CC)C(=O)c1cc(NC=C(C#N)c2nn[nH]n2)c(O)c(OC)c1. The molecule has 10 heteroatoms. The molecule has 136 valence electrons. The lowest BCUT2D eigenvalue weighted by Crippen LogP contribution is -2.30. The van der Waals surface area contributed by atoms with Crippen LogP contribution < -0.4 is 10.1 Å². The molecule has 26 heavy (non-hydrogen) atoms. The molecular weight excluding hydrogens is 338 g/mol. The molecule has 0 aliphatic carbocycles. The summed E-state index contributed by atoms with van der Waals surface area (Å²) < 4.78 is 5.14. The van der Waals surface area contributed by atoms with E-state index in [4.69, 9.17) is 4.74 Å². The second-order valence-electron chi connectivity index (χ2n) is 5.10. The van der Waals surface area contributed by atoms with Gasteiger partial charge < -0.3 is 20.1 Å². The average molecular weight is 357 g/mol. The number of carbonyl (C=O) groups is 1. The van der Waals surface area contributed by atoms with E-state index in [9.17, 15) is 15.2 Å². The van der Waals surface area contributed by atoms with Gasteiger partial charge in [0.15, 0.2) is 11.5 Å². The smallest absolute Gasteiger partial charge is 0.254 e. The van der Waals surface area contributed by atoms with E-state index in [0.717, 1.165) is 0 Å². The van der Waals surface area contributed by atoms with Crippen molar-refractivity contribution >= 4 is 17.2 Å². The topological polar surface area (TPSA) is 140 Å². The molecule has 0 saturated heterocycles. The number of hydrogen-bond acceptors (Lipinski definition) is 8. The summed E-state index contributed by atoms with van der Waals surface area (Å²) >= 11 is 0. The summed E-state index contributed by atoms with van der Waals surface area (Å²) in [6.07, 6.45) is 1.31. The molecular formula is C16H19N7O3. The molecule has 1 aromatic carbocycles. The van der Waals surface area contributed by atoms with Gasteiger partial charge in [-0.25, -0.2) is 0 Å². The number of benzene rings is 1. The Labute approximate surface area is 150 Å². The van der Waals surface area contributed by atoms with E-state index in [-0.39, 0.29) is 34.5 Å². The highest BCUT2D eigenvalue weighted by Gasteiger charge is 2.18. The largest absolute Gasteiger partial charge is 0.503 e. The Hall–Kier alpha value is -3.61. The van der Waals surface area contributed by atoms with Crippen LogP contribution in [0, 0.1) is 11.3 Å². The molecule has 0 radical (unpaired) electrons. The number of rotatable bonds is 7. The number of tetrazole rings is 1. The quantitative estimate of drug-likeness (QED) is 0.498. The minimum Gasteiger partial charge on any atom is -0.503 e. The van der Waals surface area contributed by atoms with Crippen LogP contribution in [-0.4, -0.2) is 56.7 Å². The lowest BCUT2D eigenvalue weighted by Gasteiger charge is -2.20. The van der Waals surface area contributed by atoms with Crippen molar-refractivity contribution in [3.63, 3.8) is 0 Å². The number of allylic oxidation sites excluding steroid dienone is 1. The van der Waals surface area contributed by atoms with Crippen LogP contribution in [-0.2, 0) is 0 Å². The van der Waals surface area contributed by atoms with Crippen LogP contribution in [0.25, 0.3) is 5.57 Å². The third-order valence-corrected chi connectivity index (χ3v) is 3.67. The maximum absolute atomic E-state index is 12.6. The number of nitriles is 1. The van der Waals surface area contributed by atoms with E-state index in [2.05, 4.69) is 25.9 Å². The minimum absolute atomic E-state index is 0.0950. The van der Waals surface area contributed by atoms with Crippen molar-refractivity contribution in [1.29, 1.82) is 5.26 Å². The van der Waals surface area contributed by atoms with Crippen LogP contribution in [0.5, 0.6) is 11.5 Å². The summed E-state index contributed by atoms with van der Waals surface area (Å²) in [7, 11) is 1.39. The van der Waals surface area contributed by atoms with E-state index in [0.29, 0.717) is 18.7 Å². The fraction of sp³-hybridized carbons (Fsp3) is 0.312. The summed E-state index contributed by atoms with van der Waals surface area (Å²) in [4.78, 5) is 14.2. The fourth-order valence-corrected chi connectivity index (χ4v) is 2.26. The molecule has 1 heterocycles. The fourth-order valence-electron chi connectivity index (χ4n) is 2.26. The Morgan fingerprint density at radius 1 is 1.46 bits per heavy atom. The summed E-state index contributed by atoms with van der Waals surface area (Å²) in [5, 5.41) is 35.4. The predicted molar refractivity (Wildman–Crippen MR) is 93.3 cm³/mol. The van der Waals surface area contributed by atoms with Crippen molar-refractivity contribution in [2.24, 2.45) is 0 Å². The number of H-pyrrole nitrogens is 1. The average Bonchev–Trinajstić information content (AvgIpc) is 3.18. The predicted octanol–water partition coefficient (Wildman–Crippen LogP) is 1.37. The number of methoxy groups -OCH3 is 1. The van der Waals surface area contributed by atoms with Crippen molar-refractivity contribution in [3.05, 3.63) is 29.7 Å². The Bertz CT molecular complexity index is 836. The first-order valence-corrected chi connectivity index (χ1v) is 7.86. The molecule has 1 amide bonds. The van der Waals surface area contributed by atoms with Crippen molar-refractivity contribution in [2.75, 3.05) is 25.5 Å². The molecule has 0 aliphatic heterocycles. The first-order chi connectivity index (χ1) is 12.5. The van der Waals surface area contributed by atoms with Gasteiger partial charge in [0.25, 0.3) is 5.91 Å². The van der Waals surface area contributed by atoms with Gasteiger partial charge >= 0.3 is 0 Å². The van der Waals surface area contributed by atoms with Gasteiger partial charge in [-0.05, 0) is 31.2 Å². The number of anilines is 1. The normalized spacial score (nSPS) is 10.9. The molecule has 0 saturated carbocycles. The number of hydrogen-bond donors (Lipinski definition) is 3. The van der Waals surface area contributed by atoms with Crippen molar-refractivity contribution < 1.29 is 14.6 Å². The first kappa shape index (κ1) is 18.7. The van der Waals surface area contributed by atoms with Crippen LogP contribution in [0.2, 0.25) is 0 Å². The van der Waals surface area contributed by atoms with E-state index >= 15 is 0 Å². The molecule has 0 spiro atoms. The Balaban J connectivity index is 2.40. The zero-order chi connectivity index (χ0) is 19.1. The van der Waals surface area contributed by atoms with Gasteiger partial charge in [-0.15, -0.1) is 10.2 Å². The van der Waals surface area contributed by atoms with Gasteiger partial charge in [0.1, 0.15) is 11.6 Å². The van der Waals surface area contributed by atoms with Crippen molar-refractivity contribution in [1.82, 2.24) is 25.5 Å². The van der Waals surface area contributed by atoms with Gasteiger partial charge in [-0.3, -0.25) is 4.79 Å². The highest BCUT2D eigenvalue weighted by molar-refractivity contribution is 5.96. The molecule has 2 aromatic rings. The van der Waals surface area contributed by atoms with E-state index < -0.39 is 0 Å². The van der Waals surface area contributed by atoms with Crippen LogP contribution in [0.1, 0.15) is 30.0 Å². The highest BCUT2D eigenvalue weighted by Crippen LogP contribution is 2.36. The number of carbonyl (C=O) groups excluding carboxylic acids is 1. The lowest BCUT2D eigenvalue weighted by atomic mass is 10.1. The monoisotopic (exact) mass is 357 g/mol. The maximum Gasteiger partial charge on any atom is 0.254 e. The standard InChI is InChI=1S/C16H19N7O3/c1-4-23(5-2)16(25)10-6-12(14(24)13(7-10)26-3)18-9-11(8-17)15-19-21-22-20-15/h6-7,9,18,24H,4-5H2,1-3H3,(H,19,20,21,22). The summed E-state index contributed by atoms with van der Waals surface area (Å²) in [5.74, 6) is -0.150. The molecule has 0 atom stereocenters. The lowest BCUT2D eigenvalue weighted by molar-refractivity contribution is 0.0772. The molecule has 3 N–H and O–H groups in total. The molecule has 2 rings (SSSR count). The molecule has 0 unspecified atom stereocenters. The van der Waals surface area contributed by atoms with Gasteiger partial charge in [0.05, 0.1) is 12.8 Å². The summed E-state index contributed by atoms with van der Waals surface area (Å²) in [5.41, 5.74) is 0.644. The van der Waals surface area contributed by atoms with Crippen molar-refractivity contribution in [3.8, 4) is 17.6 Å². The van der Waals surface area contributed by atoms with Crippen LogP contribution in [0.15, 0.2) is 18.3 Å². The third kappa shape index (κ3) is 3.89. The van der Waals surface area contributed by atoms with Crippen LogP contribution >= 0.6 is 0 Å². The molecule has 1 aromatic heterocycles. The number of nitrogens with zero attached hydrogens (tertiary/aromatic N) is 5. The highest BCUT2D eigenvalue weighted by atomic mass is 16.5. The van der Waals surface area contributed by atoms with Gasteiger partial charge in [0, 0.05) is 24.9 Å². The number of aromatic amines is 1. The molecule has 0 aliphatic rings. The van der Waals surface area contributed by atoms with Gasteiger partial charge in [-0.1, -0.05) is 0 Å². The van der Waals surface area contributed by atoms with Gasteiger partial charge in [-0.2, -0.15) is 10.5 Å². The Kier molecular flexibility index (Phi) is 6.10. The van der Waals surface area contributed by atoms with Crippen LogP contribution in [0.4, 0.5) is 5.69 Å². The number of phenolic OH excluding ortho intramolecular Hbond substituents is 1. The second-order valence-corrected chi connectivity index (χ2v) is 5.10. The van der Waals surface area contributed by atoms with E-state index in [1.807, 2.05) is 19.9 Å². The number of aromatic hydroxyl groups is 1. The number of amides is 1. The summed E-state index contributed by atoms with van der Waals surface area (Å²) in [6, 6.07) is 4.88. The zero-order valence-electron chi connectivity index (χ0n) is 14.6. The number of aromatic nitrogens is 4. The van der Waals surface area contributed by atoms with Crippen LogP contribution in [0.3, 0.4) is 0 Å². The Morgan fingerprint density at radius 2 is 2.19 bits per heavy atom. The number of phenols is 1. The number of nitrogens with one attached hydrogen (secondary N) is 2. The van der Waals surface area contributed by atoms with E-state index in [1.165, 1.54) is 25.4 Å². The van der Waals surface area contributed by atoms with Crippen molar-refractivity contribution in [2.45, 2.75) is 13.8 Å². The van der Waals surface area contributed by atoms with E-state index in [1.54, 1.807) is 4.90 Å². The number of ether oxygens (including phenoxy) is 1. The summed E-state index contributed by atoms with van der Waals surface area (Å²) in [6.45, 7) is 4.87. The Morgan fingerprint density at radius 3 is 2.73 bits per heavy atom. The molecule has 0 bridgehead atoms. The van der Waals surface area contributed by atoms with Gasteiger partial charge in [0.2, 0.25) is 5.82 Å². The third-order valence-electron chi connectivity index (χ3n) is 3.67. The first-order valence-electron chi connectivity index (χ1n) is 7.86. The minimum atomic E-state index is -0.195. The molecule has 10 nitrogen and oxygen atoms in total. The molecule has 0 fully saturated rings. The second kappa shape index (κ2) is 8.48. The maximum atomic E-state index is 12.6. The zero-order valence-corrected chi connectivity index (χ0v) is 14.6.